The molecule has 12 heavy (non-hydrogen) atoms. The highest BCUT2D eigenvalue weighted by Crippen LogP contribution is 2.16. The smallest absolute Gasteiger partial charge is 0.422 e. The van der Waals surface area contributed by atoms with Gasteiger partial charge in [0, 0.05) is 14.5 Å². The number of hydrogen-bond acceptors (Lipinski definition) is 2. The third kappa shape index (κ3) is 6.16. The zero-order chi connectivity index (χ0) is 9.61. The van der Waals surface area contributed by atoms with Gasteiger partial charge in [0.25, 0.3) is 0 Å². The van der Waals surface area contributed by atoms with Crippen LogP contribution in [0.4, 0.5) is 0 Å². The van der Waals surface area contributed by atoms with Crippen LogP contribution in [0.15, 0.2) is 11.8 Å². The van der Waals surface area contributed by atoms with Gasteiger partial charge in [0.2, 0.25) is 0 Å². The van der Waals surface area contributed by atoms with Crippen molar-refractivity contribution in [3.8, 4) is 0 Å². The zero-order valence-corrected chi connectivity index (χ0v) is 9.31. The molecular weight excluding hydrogens is 168 g/mol. The standard InChI is InChI=1S/C9H17O2Si/c1-5-9(11-8-10)6-7-12(2,3)4/h5H,6-7H2,1-4H3. The van der Waals surface area contributed by atoms with Gasteiger partial charge in [-0.2, -0.15) is 0 Å². The molecule has 0 aromatic heterocycles. The van der Waals surface area contributed by atoms with E-state index in [9.17, 15) is 4.79 Å². The van der Waals surface area contributed by atoms with Crippen molar-refractivity contribution < 1.29 is 9.53 Å². The molecule has 0 spiro atoms. The Labute approximate surface area is 75.6 Å². The Bertz CT molecular complexity index is 168. The topological polar surface area (TPSA) is 26.3 Å². The Morgan fingerprint density at radius 1 is 1.50 bits per heavy atom. The first-order chi connectivity index (χ1) is 5.49. The van der Waals surface area contributed by atoms with Gasteiger partial charge in [0.1, 0.15) is 5.76 Å². The first kappa shape index (κ1) is 11.4. The fourth-order valence-corrected chi connectivity index (χ4v) is 1.80. The molecule has 0 amide bonds. The van der Waals surface area contributed by atoms with E-state index in [-0.39, 0.29) is 0 Å². The Hall–Kier alpha value is -0.573. The molecule has 0 N–H and O–H groups in total. The van der Waals surface area contributed by atoms with Crippen LogP contribution < -0.4 is 0 Å². The average molecular weight is 185 g/mol. The van der Waals surface area contributed by atoms with E-state index in [0.29, 0.717) is 0 Å². The molecule has 3 heteroatoms. The highest BCUT2D eigenvalue weighted by molar-refractivity contribution is 6.76. The number of rotatable bonds is 5. The summed E-state index contributed by atoms with van der Waals surface area (Å²) in [6, 6.07) is 1.15. The van der Waals surface area contributed by atoms with E-state index >= 15 is 0 Å². The summed E-state index contributed by atoms with van der Waals surface area (Å²) in [5.41, 5.74) is 0. The first-order valence-corrected chi connectivity index (χ1v) is 7.89. The average Bonchev–Trinajstić information content (AvgIpc) is 1.96. The zero-order valence-electron chi connectivity index (χ0n) is 8.31. The van der Waals surface area contributed by atoms with Crippen molar-refractivity contribution in [3.63, 3.8) is 0 Å². The Morgan fingerprint density at radius 2 is 2.08 bits per heavy atom. The molecule has 0 heterocycles. The summed E-state index contributed by atoms with van der Waals surface area (Å²) in [6.45, 7) is 10.2. The molecule has 2 nitrogen and oxygen atoms in total. The number of allylic oxidation sites excluding steroid dienone is 2. The SMILES string of the molecule is CC=C(CC[Si](C)(C)C)O[C]=O. The van der Waals surface area contributed by atoms with Crippen LogP contribution in [0.1, 0.15) is 13.3 Å². The third-order valence-electron chi connectivity index (χ3n) is 1.62. The van der Waals surface area contributed by atoms with Gasteiger partial charge in [0.15, 0.2) is 0 Å². The summed E-state index contributed by atoms with van der Waals surface area (Å²) < 4.78 is 4.66. The predicted octanol–water partition coefficient (Wildman–Crippen LogP) is 2.70. The van der Waals surface area contributed by atoms with Gasteiger partial charge >= 0.3 is 6.47 Å². The Kier molecular flexibility index (Phi) is 4.89. The molecule has 0 aliphatic carbocycles. The molecule has 0 aliphatic heterocycles. The number of hydrogen-bond donors (Lipinski definition) is 0. The second-order valence-corrected chi connectivity index (χ2v) is 9.62. The molecular formula is C9H17O2Si. The predicted molar refractivity (Wildman–Crippen MR) is 53.3 cm³/mol. The maximum atomic E-state index is 9.92. The van der Waals surface area contributed by atoms with E-state index in [0.717, 1.165) is 18.2 Å². The largest absolute Gasteiger partial charge is 0.423 e. The van der Waals surface area contributed by atoms with Crippen LogP contribution in [-0.4, -0.2) is 14.5 Å². The van der Waals surface area contributed by atoms with Gasteiger partial charge in [-0.1, -0.05) is 25.7 Å². The quantitative estimate of drug-likeness (QED) is 0.486. The second-order valence-electron chi connectivity index (χ2n) is 4.00. The van der Waals surface area contributed by atoms with Crippen LogP contribution in [0.5, 0.6) is 0 Å². The molecule has 0 bridgehead atoms. The minimum atomic E-state index is -1.02. The fraction of sp³-hybridized carbons (Fsp3) is 0.667. The molecule has 0 aromatic carbocycles. The van der Waals surface area contributed by atoms with E-state index < -0.39 is 8.07 Å². The molecule has 0 atom stereocenters. The van der Waals surface area contributed by atoms with Crippen LogP contribution in [0.2, 0.25) is 25.7 Å². The first-order valence-electron chi connectivity index (χ1n) is 4.19. The van der Waals surface area contributed by atoms with Crippen molar-refractivity contribution in [3.05, 3.63) is 11.8 Å². The maximum Gasteiger partial charge on any atom is 0.422 e. The molecule has 0 aromatic rings. The van der Waals surface area contributed by atoms with Crippen LogP contribution in [0, 0.1) is 0 Å². The lowest BCUT2D eigenvalue weighted by Crippen LogP contribution is -2.19. The van der Waals surface area contributed by atoms with E-state index in [4.69, 9.17) is 0 Å². The summed E-state index contributed by atoms with van der Waals surface area (Å²) in [6.07, 6.45) is 2.69. The molecule has 69 valence electrons. The highest BCUT2D eigenvalue weighted by Gasteiger charge is 2.13. The molecule has 0 fully saturated rings. The summed E-state index contributed by atoms with van der Waals surface area (Å²) in [5.74, 6) is 0.743. The van der Waals surface area contributed by atoms with Gasteiger partial charge < -0.3 is 4.74 Å². The summed E-state index contributed by atoms with van der Waals surface area (Å²) >= 11 is 0. The van der Waals surface area contributed by atoms with Crippen LogP contribution in [0.3, 0.4) is 0 Å². The Morgan fingerprint density at radius 3 is 2.42 bits per heavy atom. The lowest BCUT2D eigenvalue weighted by Gasteiger charge is -2.15. The molecule has 0 rings (SSSR count). The van der Waals surface area contributed by atoms with Crippen molar-refractivity contribution in [2.75, 3.05) is 0 Å². The lowest BCUT2D eigenvalue weighted by molar-refractivity contribution is 0.351. The Balaban J connectivity index is 3.82. The van der Waals surface area contributed by atoms with Gasteiger partial charge in [0.05, 0.1) is 0 Å². The van der Waals surface area contributed by atoms with E-state index in [1.54, 1.807) is 0 Å². The van der Waals surface area contributed by atoms with E-state index in [2.05, 4.69) is 24.4 Å². The minimum absolute atomic E-state index is 0.743. The van der Waals surface area contributed by atoms with Gasteiger partial charge in [-0.05, 0) is 13.0 Å². The summed E-state index contributed by atoms with van der Waals surface area (Å²) in [7, 11) is -1.02. The number of carbonyl (C=O) groups excluding carboxylic acids is 1. The van der Waals surface area contributed by atoms with Crippen LogP contribution >= 0.6 is 0 Å². The maximum absolute atomic E-state index is 9.92. The van der Waals surface area contributed by atoms with Gasteiger partial charge in [-0.3, -0.25) is 0 Å². The fourth-order valence-electron chi connectivity index (χ4n) is 0.806. The molecule has 1 radical (unpaired) electrons. The monoisotopic (exact) mass is 185 g/mol. The van der Waals surface area contributed by atoms with Crippen LogP contribution in [-0.2, 0) is 9.53 Å². The van der Waals surface area contributed by atoms with Crippen molar-refractivity contribution in [2.45, 2.75) is 39.0 Å². The molecule has 0 saturated carbocycles. The summed E-state index contributed by atoms with van der Waals surface area (Å²) in [4.78, 5) is 9.92. The van der Waals surface area contributed by atoms with Crippen molar-refractivity contribution in [1.29, 1.82) is 0 Å². The van der Waals surface area contributed by atoms with Gasteiger partial charge in [-0.15, -0.1) is 0 Å². The normalized spacial score (nSPS) is 12.8. The van der Waals surface area contributed by atoms with E-state index in [1.807, 2.05) is 13.0 Å². The van der Waals surface area contributed by atoms with Crippen molar-refractivity contribution in [1.82, 2.24) is 0 Å². The van der Waals surface area contributed by atoms with E-state index in [1.165, 1.54) is 6.47 Å². The number of ether oxygens (including phenoxy) is 1. The third-order valence-corrected chi connectivity index (χ3v) is 3.37. The second kappa shape index (κ2) is 5.14. The highest BCUT2D eigenvalue weighted by atomic mass is 28.3. The molecule has 0 saturated heterocycles. The van der Waals surface area contributed by atoms with Crippen LogP contribution in [0.25, 0.3) is 0 Å². The van der Waals surface area contributed by atoms with Crippen molar-refractivity contribution >= 4 is 14.5 Å². The summed E-state index contributed by atoms with van der Waals surface area (Å²) in [5, 5.41) is 0. The molecule has 0 aliphatic rings. The minimum Gasteiger partial charge on any atom is -0.423 e. The molecule has 0 unspecified atom stereocenters. The lowest BCUT2D eigenvalue weighted by atomic mass is 10.4. The van der Waals surface area contributed by atoms with Crippen molar-refractivity contribution in [2.24, 2.45) is 0 Å². The van der Waals surface area contributed by atoms with Gasteiger partial charge in [-0.25, -0.2) is 4.79 Å².